The molecule has 6 nitrogen and oxygen atoms in total. The Labute approximate surface area is 158 Å². The van der Waals surface area contributed by atoms with Gasteiger partial charge in [0.25, 0.3) is 0 Å². The number of sulfone groups is 1. The van der Waals surface area contributed by atoms with Crippen LogP contribution < -0.4 is 10.6 Å². The molecule has 0 radical (unpaired) electrons. The fourth-order valence-corrected chi connectivity index (χ4v) is 3.14. The third kappa shape index (κ3) is 7.55. The Bertz CT molecular complexity index is 481. The van der Waals surface area contributed by atoms with E-state index in [2.05, 4.69) is 22.5 Å². The van der Waals surface area contributed by atoms with Crippen LogP contribution in [-0.4, -0.2) is 56.7 Å². The van der Waals surface area contributed by atoms with Crippen molar-refractivity contribution >= 4 is 39.8 Å². The lowest BCUT2D eigenvalue weighted by Crippen LogP contribution is -2.42. The zero-order valence-electron chi connectivity index (χ0n) is 14.9. The minimum atomic E-state index is -3.12. The Hall–Kier alpha value is -0.0900. The Balaban J connectivity index is 0.00000484. The molecule has 23 heavy (non-hydrogen) atoms. The van der Waals surface area contributed by atoms with Crippen molar-refractivity contribution in [2.75, 3.05) is 32.0 Å². The van der Waals surface area contributed by atoms with Gasteiger partial charge in [0.2, 0.25) is 0 Å². The van der Waals surface area contributed by atoms with E-state index >= 15 is 0 Å². The first-order chi connectivity index (χ1) is 10.1. The van der Waals surface area contributed by atoms with Crippen LogP contribution >= 0.6 is 24.0 Å². The summed E-state index contributed by atoms with van der Waals surface area (Å²) in [6, 6.07) is 0. The molecule has 1 fully saturated rings. The van der Waals surface area contributed by atoms with Crippen LogP contribution in [0.5, 0.6) is 0 Å². The van der Waals surface area contributed by atoms with Crippen LogP contribution in [0.1, 0.15) is 47.5 Å². The Morgan fingerprint density at radius 1 is 1.30 bits per heavy atom. The van der Waals surface area contributed by atoms with Gasteiger partial charge in [-0.15, -0.1) is 24.0 Å². The van der Waals surface area contributed by atoms with Gasteiger partial charge in [0.15, 0.2) is 15.8 Å². The topological polar surface area (TPSA) is 79.8 Å². The summed E-state index contributed by atoms with van der Waals surface area (Å²) in [7, 11) is -3.12. The van der Waals surface area contributed by atoms with Crippen LogP contribution in [0.25, 0.3) is 0 Å². The van der Waals surface area contributed by atoms with Crippen LogP contribution in [0, 0.1) is 0 Å². The third-order valence-electron chi connectivity index (χ3n) is 3.81. The molecule has 1 aliphatic heterocycles. The van der Waals surface area contributed by atoms with Gasteiger partial charge in [-0.2, -0.15) is 0 Å². The zero-order chi connectivity index (χ0) is 16.9. The standard InChI is InChI=1S/C15H31N3O3S.HI/c1-6-16-13(18-12-15(5)8-7-10-21-15)17-9-11-22(19,20)14(2,3)4;/h6-12H2,1-5H3,(H2,16,17,18);1H. The summed E-state index contributed by atoms with van der Waals surface area (Å²) in [4.78, 5) is 4.52. The smallest absolute Gasteiger partial charge is 0.191 e. The van der Waals surface area contributed by atoms with Crippen molar-refractivity contribution < 1.29 is 13.2 Å². The summed E-state index contributed by atoms with van der Waals surface area (Å²) in [5, 5.41) is 6.23. The van der Waals surface area contributed by atoms with Crippen molar-refractivity contribution in [2.45, 2.75) is 57.8 Å². The summed E-state index contributed by atoms with van der Waals surface area (Å²) in [5.41, 5.74) is -0.195. The van der Waals surface area contributed by atoms with Gasteiger partial charge in [-0.05, 0) is 47.5 Å². The van der Waals surface area contributed by atoms with Gasteiger partial charge in [0, 0.05) is 19.7 Å². The summed E-state index contributed by atoms with van der Waals surface area (Å²) < 4.78 is 29.2. The maximum Gasteiger partial charge on any atom is 0.191 e. The van der Waals surface area contributed by atoms with Crippen LogP contribution in [0.15, 0.2) is 4.99 Å². The predicted octanol–water partition coefficient (Wildman–Crippen LogP) is 1.94. The predicted molar refractivity (Wildman–Crippen MR) is 107 cm³/mol. The average Bonchev–Trinajstić information content (AvgIpc) is 2.82. The van der Waals surface area contributed by atoms with Crippen molar-refractivity contribution in [3.8, 4) is 0 Å². The van der Waals surface area contributed by atoms with Crippen LogP contribution in [0.3, 0.4) is 0 Å². The number of guanidine groups is 1. The molecule has 0 aromatic rings. The number of halogens is 1. The van der Waals surface area contributed by atoms with Crippen molar-refractivity contribution in [3.63, 3.8) is 0 Å². The van der Waals surface area contributed by atoms with Crippen molar-refractivity contribution in [2.24, 2.45) is 4.99 Å². The Kier molecular flexibility index (Phi) is 9.37. The number of ether oxygens (including phenoxy) is 1. The molecule has 2 N–H and O–H groups in total. The van der Waals surface area contributed by atoms with E-state index in [1.54, 1.807) is 20.8 Å². The Morgan fingerprint density at radius 2 is 1.96 bits per heavy atom. The molecule has 1 saturated heterocycles. The van der Waals surface area contributed by atoms with Crippen molar-refractivity contribution in [1.82, 2.24) is 10.6 Å². The van der Waals surface area contributed by atoms with Gasteiger partial charge in [0.1, 0.15) is 0 Å². The lowest BCUT2D eigenvalue weighted by molar-refractivity contribution is 0.0283. The van der Waals surface area contributed by atoms with E-state index in [0.29, 0.717) is 19.0 Å². The van der Waals surface area contributed by atoms with E-state index in [4.69, 9.17) is 4.74 Å². The summed E-state index contributed by atoms with van der Waals surface area (Å²) in [6.45, 7) is 11.7. The van der Waals surface area contributed by atoms with Gasteiger partial charge in [0.05, 0.1) is 22.6 Å². The van der Waals surface area contributed by atoms with E-state index in [0.717, 1.165) is 26.0 Å². The van der Waals surface area contributed by atoms with Gasteiger partial charge in [-0.1, -0.05) is 0 Å². The zero-order valence-corrected chi connectivity index (χ0v) is 18.1. The van der Waals surface area contributed by atoms with E-state index < -0.39 is 14.6 Å². The molecule has 1 unspecified atom stereocenters. The fraction of sp³-hybridized carbons (Fsp3) is 0.933. The highest BCUT2D eigenvalue weighted by atomic mass is 127. The first-order valence-electron chi connectivity index (χ1n) is 7.98. The molecule has 0 aromatic carbocycles. The number of aliphatic imine (C=N–C) groups is 1. The largest absolute Gasteiger partial charge is 0.373 e. The first-order valence-corrected chi connectivity index (χ1v) is 9.63. The first kappa shape index (κ1) is 22.9. The molecule has 1 rings (SSSR count). The molecule has 8 heteroatoms. The second-order valence-corrected chi connectivity index (χ2v) is 9.82. The highest BCUT2D eigenvalue weighted by Gasteiger charge is 2.30. The number of nitrogens with one attached hydrogen (secondary N) is 2. The molecule has 1 atom stereocenters. The molecule has 138 valence electrons. The average molecular weight is 461 g/mol. The Morgan fingerprint density at radius 3 is 2.43 bits per heavy atom. The minimum Gasteiger partial charge on any atom is -0.373 e. The minimum absolute atomic E-state index is 0. The molecular formula is C15H32IN3O3S. The third-order valence-corrected chi connectivity index (χ3v) is 6.42. The number of rotatable bonds is 6. The second kappa shape index (κ2) is 9.41. The highest BCUT2D eigenvalue weighted by molar-refractivity contribution is 14.0. The molecular weight excluding hydrogens is 429 g/mol. The summed E-state index contributed by atoms with van der Waals surface area (Å²) in [6.07, 6.45) is 2.08. The maximum atomic E-state index is 12.1. The molecule has 0 aromatic heterocycles. The molecule has 0 saturated carbocycles. The molecule has 1 aliphatic rings. The van der Waals surface area contributed by atoms with E-state index in [-0.39, 0.29) is 35.3 Å². The van der Waals surface area contributed by atoms with Gasteiger partial charge in [-0.3, -0.25) is 4.99 Å². The lowest BCUT2D eigenvalue weighted by atomic mass is 10.0. The van der Waals surface area contributed by atoms with Crippen LogP contribution in [-0.2, 0) is 14.6 Å². The molecule has 0 aliphatic carbocycles. The lowest BCUT2D eigenvalue weighted by Gasteiger charge is -2.22. The maximum absolute atomic E-state index is 12.1. The number of hydrogen-bond donors (Lipinski definition) is 2. The molecule has 0 bridgehead atoms. The highest BCUT2D eigenvalue weighted by Crippen LogP contribution is 2.25. The van der Waals surface area contributed by atoms with Crippen LogP contribution in [0.4, 0.5) is 0 Å². The summed E-state index contributed by atoms with van der Waals surface area (Å²) in [5.74, 6) is 0.734. The van der Waals surface area contributed by atoms with Crippen molar-refractivity contribution in [1.29, 1.82) is 0 Å². The second-order valence-electron chi connectivity index (χ2n) is 6.96. The quantitative estimate of drug-likeness (QED) is 0.359. The number of hydrogen-bond acceptors (Lipinski definition) is 4. The normalized spacial score (nSPS) is 22.6. The number of nitrogens with zero attached hydrogens (tertiary/aromatic N) is 1. The monoisotopic (exact) mass is 461 g/mol. The van der Waals surface area contributed by atoms with Gasteiger partial charge in [-0.25, -0.2) is 8.42 Å². The molecule has 1 heterocycles. The van der Waals surface area contributed by atoms with Crippen LogP contribution in [0.2, 0.25) is 0 Å². The SMILES string of the molecule is CCNC(=NCC1(C)CCCO1)NCCS(=O)(=O)C(C)(C)C.I. The van der Waals surface area contributed by atoms with E-state index in [1.165, 1.54) is 0 Å². The van der Waals surface area contributed by atoms with Crippen molar-refractivity contribution in [3.05, 3.63) is 0 Å². The molecule has 0 amide bonds. The van der Waals surface area contributed by atoms with Gasteiger partial charge >= 0.3 is 0 Å². The summed E-state index contributed by atoms with van der Waals surface area (Å²) >= 11 is 0. The van der Waals surface area contributed by atoms with Gasteiger partial charge < -0.3 is 15.4 Å². The van der Waals surface area contributed by atoms with E-state index in [9.17, 15) is 8.42 Å². The molecule has 0 spiro atoms. The fourth-order valence-electron chi connectivity index (χ4n) is 2.16. The van der Waals surface area contributed by atoms with E-state index in [1.807, 2.05) is 6.92 Å².